The molecule has 1 unspecified atom stereocenters. The van der Waals surface area contributed by atoms with E-state index in [1.54, 1.807) is 13.8 Å². The van der Waals surface area contributed by atoms with Gasteiger partial charge in [0.15, 0.2) is 0 Å². The van der Waals surface area contributed by atoms with Gasteiger partial charge in [-0.2, -0.15) is 4.89 Å². The molecule has 0 aliphatic rings. The highest BCUT2D eigenvalue weighted by Gasteiger charge is 2.25. The van der Waals surface area contributed by atoms with E-state index in [1.165, 1.54) is 6.92 Å². The second-order valence-electron chi connectivity index (χ2n) is 4.75. The molecule has 0 aromatic heterocycles. The molecule has 0 fully saturated rings. The summed E-state index contributed by atoms with van der Waals surface area (Å²) >= 11 is 0. The third-order valence-electron chi connectivity index (χ3n) is 1.96. The van der Waals surface area contributed by atoms with Crippen LogP contribution in [0, 0.1) is 11.8 Å². The summed E-state index contributed by atoms with van der Waals surface area (Å²) in [5.41, 5.74) is 0. The molecule has 0 spiro atoms. The molecule has 0 aromatic rings. The standard InChI is InChI=1S/C11H22O4/c1-8(2)6-7-11(5,13)15-14-10(12)9(3)4/h8-9,13H,6-7H2,1-5H3. The van der Waals surface area contributed by atoms with Crippen LogP contribution in [0.2, 0.25) is 0 Å². The van der Waals surface area contributed by atoms with E-state index in [9.17, 15) is 9.90 Å². The molecule has 15 heavy (non-hydrogen) atoms. The van der Waals surface area contributed by atoms with Crippen molar-refractivity contribution in [2.24, 2.45) is 11.8 Å². The van der Waals surface area contributed by atoms with Crippen LogP contribution in [0.5, 0.6) is 0 Å². The van der Waals surface area contributed by atoms with Crippen molar-refractivity contribution in [2.75, 3.05) is 0 Å². The zero-order valence-electron chi connectivity index (χ0n) is 10.2. The van der Waals surface area contributed by atoms with Gasteiger partial charge < -0.3 is 5.11 Å². The van der Waals surface area contributed by atoms with E-state index >= 15 is 0 Å². The van der Waals surface area contributed by atoms with Crippen LogP contribution >= 0.6 is 0 Å². The first-order valence-corrected chi connectivity index (χ1v) is 5.36. The number of rotatable bonds is 6. The van der Waals surface area contributed by atoms with Crippen LogP contribution in [0.3, 0.4) is 0 Å². The van der Waals surface area contributed by atoms with Gasteiger partial charge in [-0.25, -0.2) is 4.79 Å². The molecule has 0 amide bonds. The van der Waals surface area contributed by atoms with Crippen LogP contribution in [0.15, 0.2) is 0 Å². The number of aliphatic hydroxyl groups is 1. The molecule has 0 radical (unpaired) electrons. The average Bonchev–Trinajstić information content (AvgIpc) is 2.11. The number of hydrogen-bond acceptors (Lipinski definition) is 4. The molecule has 1 N–H and O–H groups in total. The molecule has 0 rings (SSSR count). The third-order valence-corrected chi connectivity index (χ3v) is 1.96. The molecule has 0 saturated heterocycles. The Hall–Kier alpha value is -0.610. The van der Waals surface area contributed by atoms with Gasteiger partial charge in [-0.15, -0.1) is 0 Å². The first-order chi connectivity index (χ1) is 6.74. The molecule has 0 bridgehead atoms. The molecule has 90 valence electrons. The molecule has 1 atom stereocenters. The fourth-order valence-electron chi connectivity index (χ4n) is 0.825. The van der Waals surface area contributed by atoms with Gasteiger partial charge in [0, 0.05) is 6.42 Å². The highest BCUT2D eigenvalue weighted by molar-refractivity contribution is 5.70. The van der Waals surface area contributed by atoms with Gasteiger partial charge in [-0.1, -0.05) is 27.7 Å². The van der Waals surface area contributed by atoms with Crippen molar-refractivity contribution in [2.45, 2.75) is 53.2 Å². The van der Waals surface area contributed by atoms with Crippen molar-refractivity contribution >= 4 is 5.97 Å². The maximum absolute atomic E-state index is 11.1. The van der Waals surface area contributed by atoms with Crippen molar-refractivity contribution in [1.82, 2.24) is 0 Å². The summed E-state index contributed by atoms with van der Waals surface area (Å²) in [5.74, 6) is -1.65. The SMILES string of the molecule is CC(C)CCC(C)(O)OOC(=O)C(C)C. The Labute approximate surface area is 91.5 Å². The average molecular weight is 218 g/mol. The number of carbonyl (C=O) groups excluding carboxylic acids is 1. The van der Waals surface area contributed by atoms with Gasteiger partial charge in [0.2, 0.25) is 5.79 Å². The van der Waals surface area contributed by atoms with Crippen molar-refractivity contribution in [3.63, 3.8) is 0 Å². The maximum atomic E-state index is 11.1. The summed E-state index contributed by atoms with van der Waals surface area (Å²) in [6.07, 6.45) is 1.25. The highest BCUT2D eigenvalue weighted by Crippen LogP contribution is 2.18. The van der Waals surface area contributed by atoms with E-state index < -0.39 is 11.8 Å². The lowest BCUT2D eigenvalue weighted by Gasteiger charge is -2.22. The molecular weight excluding hydrogens is 196 g/mol. The van der Waals surface area contributed by atoms with Crippen LogP contribution in [0.1, 0.15) is 47.5 Å². The van der Waals surface area contributed by atoms with Crippen LogP contribution in [-0.4, -0.2) is 16.9 Å². The lowest BCUT2D eigenvalue weighted by Crippen LogP contribution is -2.31. The van der Waals surface area contributed by atoms with Crippen molar-refractivity contribution in [1.29, 1.82) is 0 Å². The Morgan fingerprint density at radius 1 is 1.33 bits per heavy atom. The predicted octanol–water partition coefficient (Wildman–Crippen LogP) is 2.26. The Morgan fingerprint density at radius 3 is 2.27 bits per heavy atom. The highest BCUT2D eigenvalue weighted by atomic mass is 17.2. The molecule has 0 aliphatic carbocycles. The van der Waals surface area contributed by atoms with Gasteiger partial charge in [0.25, 0.3) is 0 Å². The maximum Gasteiger partial charge on any atom is 0.344 e. The van der Waals surface area contributed by atoms with Crippen LogP contribution < -0.4 is 0 Å². The first-order valence-electron chi connectivity index (χ1n) is 5.36. The predicted molar refractivity (Wildman–Crippen MR) is 56.7 cm³/mol. The molecular formula is C11H22O4. The Kier molecular flexibility index (Phi) is 5.83. The summed E-state index contributed by atoms with van der Waals surface area (Å²) in [5, 5.41) is 9.69. The Bertz CT molecular complexity index is 197. The molecule has 4 nitrogen and oxygen atoms in total. The minimum atomic E-state index is -1.39. The van der Waals surface area contributed by atoms with Crippen molar-refractivity contribution in [3.8, 4) is 0 Å². The van der Waals surface area contributed by atoms with Gasteiger partial charge in [-0.05, 0) is 19.3 Å². The Balaban J connectivity index is 3.88. The van der Waals surface area contributed by atoms with Gasteiger partial charge in [0.1, 0.15) is 0 Å². The van der Waals surface area contributed by atoms with Crippen LogP contribution in [0.25, 0.3) is 0 Å². The fraction of sp³-hybridized carbons (Fsp3) is 0.909. The topological polar surface area (TPSA) is 55.8 Å². The van der Waals surface area contributed by atoms with Gasteiger partial charge in [-0.3, -0.25) is 4.89 Å². The second kappa shape index (κ2) is 6.08. The molecule has 0 saturated carbocycles. The lowest BCUT2D eigenvalue weighted by molar-refractivity contribution is -0.391. The summed E-state index contributed by atoms with van der Waals surface area (Å²) in [6.45, 7) is 9.00. The van der Waals surface area contributed by atoms with Crippen molar-refractivity contribution < 1.29 is 19.7 Å². The van der Waals surface area contributed by atoms with E-state index in [1.807, 2.05) is 0 Å². The Morgan fingerprint density at radius 2 is 1.87 bits per heavy atom. The zero-order chi connectivity index (χ0) is 12.1. The third kappa shape index (κ3) is 7.33. The smallest absolute Gasteiger partial charge is 0.344 e. The van der Waals surface area contributed by atoms with Gasteiger partial charge in [0.05, 0.1) is 5.92 Å². The lowest BCUT2D eigenvalue weighted by atomic mass is 10.0. The number of hydrogen-bond donors (Lipinski definition) is 1. The zero-order valence-corrected chi connectivity index (χ0v) is 10.2. The second-order valence-corrected chi connectivity index (χ2v) is 4.75. The van der Waals surface area contributed by atoms with E-state index in [0.29, 0.717) is 12.3 Å². The summed E-state index contributed by atoms with van der Waals surface area (Å²) in [7, 11) is 0. The van der Waals surface area contributed by atoms with E-state index in [2.05, 4.69) is 18.7 Å². The summed E-state index contributed by atoms with van der Waals surface area (Å²) in [4.78, 5) is 20.3. The largest absolute Gasteiger partial charge is 0.363 e. The van der Waals surface area contributed by atoms with Crippen LogP contribution in [0.4, 0.5) is 0 Å². The normalized spacial score (nSPS) is 15.5. The van der Waals surface area contributed by atoms with E-state index in [4.69, 9.17) is 4.89 Å². The monoisotopic (exact) mass is 218 g/mol. The molecule has 0 aliphatic heterocycles. The minimum Gasteiger partial charge on any atom is -0.363 e. The van der Waals surface area contributed by atoms with E-state index in [-0.39, 0.29) is 5.92 Å². The first kappa shape index (κ1) is 14.4. The molecule has 0 heterocycles. The van der Waals surface area contributed by atoms with Crippen molar-refractivity contribution in [3.05, 3.63) is 0 Å². The van der Waals surface area contributed by atoms with Gasteiger partial charge >= 0.3 is 5.97 Å². The molecule has 4 heteroatoms. The van der Waals surface area contributed by atoms with Crippen LogP contribution in [-0.2, 0) is 14.6 Å². The summed E-state index contributed by atoms with van der Waals surface area (Å²) in [6, 6.07) is 0. The quantitative estimate of drug-likeness (QED) is 0.422. The fourth-order valence-corrected chi connectivity index (χ4v) is 0.825. The van der Waals surface area contributed by atoms with E-state index in [0.717, 1.165) is 6.42 Å². The minimum absolute atomic E-state index is 0.258. The molecule has 0 aromatic carbocycles. The summed E-state index contributed by atoms with van der Waals surface area (Å²) < 4.78 is 0. The number of carbonyl (C=O) groups is 1.